The summed E-state index contributed by atoms with van der Waals surface area (Å²) in [6.07, 6.45) is -0.396. The Morgan fingerprint density at radius 2 is 1.50 bits per heavy atom. The lowest BCUT2D eigenvalue weighted by atomic mass is 9.92. The summed E-state index contributed by atoms with van der Waals surface area (Å²) in [7, 11) is 0. The van der Waals surface area contributed by atoms with Crippen LogP contribution in [-0.2, 0) is 9.59 Å². The SMILES string of the molecule is Nc1ccc(C(CC(=O)O)CC(=O)O)cc1. The number of rotatable bonds is 5. The van der Waals surface area contributed by atoms with E-state index in [9.17, 15) is 9.59 Å². The molecule has 0 radical (unpaired) electrons. The molecule has 0 aromatic heterocycles. The molecule has 5 nitrogen and oxygen atoms in total. The molecule has 0 amide bonds. The monoisotopic (exact) mass is 223 g/mol. The summed E-state index contributed by atoms with van der Waals surface area (Å²) in [5, 5.41) is 17.4. The van der Waals surface area contributed by atoms with E-state index >= 15 is 0 Å². The molecule has 0 heterocycles. The van der Waals surface area contributed by atoms with Crippen LogP contribution in [0.1, 0.15) is 24.3 Å². The number of nitrogen functional groups attached to an aromatic ring is 1. The maximum absolute atomic E-state index is 10.6. The summed E-state index contributed by atoms with van der Waals surface area (Å²) in [6.45, 7) is 0. The van der Waals surface area contributed by atoms with Gasteiger partial charge in [0.25, 0.3) is 0 Å². The summed E-state index contributed by atoms with van der Waals surface area (Å²) < 4.78 is 0. The zero-order valence-electron chi connectivity index (χ0n) is 8.59. The van der Waals surface area contributed by atoms with Crippen LogP contribution < -0.4 is 5.73 Å². The van der Waals surface area contributed by atoms with Gasteiger partial charge >= 0.3 is 11.9 Å². The maximum atomic E-state index is 10.6. The molecule has 0 fully saturated rings. The Labute approximate surface area is 92.5 Å². The fourth-order valence-electron chi connectivity index (χ4n) is 1.50. The molecule has 0 aliphatic rings. The predicted octanol–water partition coefficient (Wildman–Crippen LogP) is 1.30. The maximum Gasteiger partial charge on any atom is 0.303 e. The van der Waals surface area contributed by atoms with Crippen molar-refractivity contribution in [1.29, 1.82) is 0 Å². The van der Waals surface area contributed by atoms with Crippen molar-refractivity contribution in [3.8, 4) is 0 Å². The van der Waals surface area contributed by atoms with Gasteiger partial charge in [0.2, 0.25) is 0 Å². The van der Waals surface area contributed by atoms with Crippen LogP contribution in [0.5, 0.6) is 0 Å². The normalized spacial score (nSPS) is 10.3. The quantitative estimate of drug-likeness (QED) is 0.653. The first-order valence-electron chi connectivity index (χ1n) is 4.78. The number of benzene rings is 1. The molecule has 4 N–H and O–H groups in total. The van der Waals surface area contributed by atoms with Gasteiger partial charge in [0.15, 0.2) is 0 Å². The number of anilines is 1. The van der Waals surface area contributed by atoms with Gasteiger partial charge in [0.05, 0.1) is 12.8 Å². The Hall–Kier alpha value is -2.04. The minimum atomic E-state index is -1.01. The Morgan fingerprint density at radius 1 is 1.06 bits per heavy atom. The standard InChI is InChI=1S/C11H13NO4/c12-9-3-1-7(2-4-9)8(5-10(13)14)6-11(15)16/h1-4,8H,5-6,12H2,(H,13,14)(H,15,16). The molecule has 1 rings (SSSR count). The number of hydrogen-bond donors (Lipinski definition) is 3. The molecule has 0 spiro atoms. The van der Waals surface area contributed by atoms with Crippen LogP contribution in [0.15, 0.2) is 24.3 Å². The molecule has 0 aliphatic heterocycles. The van der Waals surface area contributed by atoms with Crippen molar-refractivity contribution >= 4 is 17.6 Å². The Bertz CT molecular complexity index is 369. The first-order valence-corrected chi connectivity index (χ1v) is 4.78. The average molecular weight is 223 g/mol. The summed E-state index contributed by atoms with van der Waals surface area (Å²) in [6, 6.07) is 6.58. The molecule has 16 heavy (non-hydrogen) atoms. The number of carboxylic acid groups (broad SMARTS) is 2. The summed E-state index contributed by atoms with van der Waals surface area (Å²) in [5.74, 6) is -2.54. The van der Waals surface area contributed by atoms with Gasteiger partial charge in [-0.2, -0.15) is 0 Å². The lowest BCUT2D eigenvalue weighted by molar-refractivity contribution is -0.139. The third-order valence-electron chi connectivity index (χ3n) is 2.25. The largest absolute Gasteiger partial charge is 0.481 e. The van der Waals surface area contributed by atoms with E-state index in [-0.39, 0.29) is 12.8 Å². The van der Waals surface area contributed by atoms with E-state index in [4.69, 9.17) is 15.9 Å². The van der Waals surface area contributed by atoms with Gasteiger partial charge in [-0.1, -0.05) is 12.1 Å². The van der Waals surface area contributed by atoms with Gasteiger partial charge < -0.3 is 15.9 Å². The average Bonchev–Trinajstić information content (AvgIpc) is 2.16. The summed E-state index contributed by atoms with van der Waals surface area (Å²) in [5.41, 5.74) is 6.74. The van der Waals surface area contributed by atoms with Crippen LogP contribution in [0.2, 0.25) is 0 Å². The molecule has 0 atom stereocenters. The highest BCUT2D eigenvalue weighted by Gasteiger charge is 2.18. The van der Waals surface area contributed by atoms with Crippen molar-refractivity contribution in [2.75, 3.05) is 5.73 Å². The summed E-state index contributed by atoms with van der Waals surface area (Å²) in [4.78, 5) is 21.2. The van der Waals surface area contributed by atoms with Crippen molar-refractivity contribution in [3.05, 3.63) is 29.8 Å². The Morgan fingerprint density at radius 3 is 1.88 bits per heavy atom. The number of aliphatic carboxylic acids is 2. The zero-order chi connectivity index (χ0) is 12.1. The predicted molar refractivity (Wildman–Crippen MR) is 58.1 cm³/mol. The van der Waals surface area contributed by atoms with Crippen LogP contribution in [0.4, 0.5) is 5.69 Å². The number of nitrogens with two attached hydrogens (primary N) is 1. The van der Waals surface area contributed by atoms with E-state index in [1.807, 2.05) is 0 Å². The lowest BCUT2D eigenvalue weighted by Gasteiger charge is -2.12. The number of carboxylic acids is 2. The molecule has 0 saturated carbocycles. The second kappa shape index (κ2) is 5.16. The van der Waals surface area contributed by atoms with E-state index in [0.29, 0.717) is 11.3 Å². The highest BCUT2D eigenvalue weighted by molar-refractivity contribution is 5.72. The topological polar surface area (TPSA) is 101 Å². The van der Waals surface area contributed by atoms with E-state index in [1.54, 1.807) is 24.3 Å². The van der Waals surface area contributed by atoms with Crippen LogP contribution in [-0.4, -0.2) is 22.2 Å². The highest BCUT2D eigenvalue weighted by atomic mass is 16.4. The van der Waals surface area contributed by atoms with Crippen LogP contribution >= 0.6 is 0 Å². The fraction of sp³-hybridized carbons (Fsp3) is 0.273. The molecule has 1 aromatic rings. The molecule has 0 bridgehead atoms. The number of carbonyl (C=O) groups is 2. The Kier molecular flexibility index (Phi) is 3.88. The van der Waals surface area contributed by atoms with Crippen molar-refractivity contribution < 1.29 is 19.8 Å². The molecule has 1 aromatic carbocycles. The Balaban J connectivity index is 2.86. The van der Waals surface area contributed by atoms with Gasteiger partial charge in [-0.15, -0.1) is 0 Å². The van der Waals surface area contributed by atoms with Crippen LogP contribution in [0, 0.1) is 0 Å². The van der Waals surface area contributed by atoms with Crippen LogP contribution in [0.3, 0.4) is 0 Å². The smallest absolute Gasteiger partial charge is 0.303 e. The highest BCUT2D eigenvalue weighted by Crippen LogP contribution is 2.24. The van der Waals surface area contributed by atoms with E-state index in [1.165, 1.54) is 0 Å². The first-order chi connectivity index (χ1) is 7.49. The third kappa shape index (κ3) is 3.61. The fourth-order valence-corrected chi connectivity index (χ4v) is 1.50. The van der Waals surface area contributed by atoms with E-state index in [2.05, 4.69) is 0 Å². The van der Waals surface area contributed by atoms with Gasteiger partial charge in [-0.05, 0) is 17.7 Å². The van der Waals surface area contributed by atoms with Crippen molar-refractivity contribution in [1.82, 2.24) is 0 Å². The van der Waals surface area contributed by atoms with Gasteiger partial charge in [-0.25, -0.2) is 0 Å². The zero-order valence-corrected chi connectivity index (χ0v) is 8.59. The number of hydrogen-bond acceptors (Lipinski definition) is 3. The first kappa shape index (κ1) is 12.0. The van der Waals surface area contributed by atoms with Crippen molar-refractivity contribution in [2.45, 2.75) is 18.8 Å². The lowest BCUT2D eigenvalue weighted by Crippen LogP contribution is -2.11. The molecule has 0 saturated heterocycles. The second-order valence-electron chi connectivity index (χ2n) is 3.56. The molecular weight excluding hydrogens is 210 g/mol. The molecule has 5 heteroatoms. The molecule has 0 unspecified atom stereocenters. The molecular formula is C11H13NO4. The van der Waals surface area contributed by atoms with E-state index in [0.717, 1.165) is 0 Å². The molecule has 0 aliphatic carbocycles. The van der Waals surface area contributed by atoms with Gasteiger partial charge in [0.1, 0.15) is 0 Å². The summed E-state index contributed by atoms with van der Waals surface area (Å²) >= 11 is 0. The molecule has 86 valence electrons. The van der Waals surface area contributed by atoms with Gasteiger partial charge in [0, 0.05) is 11.6 Å². The third-order valence-corrected chi connectivity index (χ3v) is 2.25. The van der Waals surface area contributed by atoms with Gasteiger partial charge in [-0.3, -0.25) is 9.59 Å². The van der Waals surface area contributed by atoms with Crippen LogP contribution in [0.25, 0.3) is 0 Å². The van der Waals surface area contributed by atoms with Crippen molar-refractivity contribution in [2.24, 2.45) is 0 Å². The minimum absolute atomic E-state index is 0.198. The van der Waals surface area contributed by atoms with E-state index < -0.39 is 17.9 Å². The van der Waals surface area contributed by atoms with Crippen molar-refractivity contribution in [3.63, 3.8) is 0 Å². The minimum Gasteiger partial charge on any atom is -0.481 e. The second-order valence-corrected chi connectivity index (χ2v) is 3.56.